The molecule has 1 heterocycles. The van der Waals surface area contributed by atoms with Gasteiger partial charge in [0.1, 0.15) is 0 Å². The fourth-order valence-electron chi connectivity index (χ4n) is 2.08. The molecule has 84 valence electrons. The van der Waals surface area contributed by atoms with E-state index >= 15 is 0 Å². The maximum atomic E-state index is 12.3. The lowest BCUT2D eigenvalue weighted by Gasteiger charge is -2.04. The third-order valence-corrected chi connectivity index (χ3v) is 2.99. The second-order valence-electron chi connectivity index (χ2n) is 4.01. The predicted octanol–water partition coefficient (Wildman–Crippen LogP) is 2.72. The SMILES string of the molecule is CNc1ccc2[nH]c3ccccc3c(=O)c2c1. The number of pyridine rings is 1. The Morgan fingerprint density at radius 2 is 1.76 bits per heavy atom. The molecular formula is C14H12N2O. The molecule has 3 aromatic rings. The summed E-state index contributed by atoms with van der Waals surface area (Å²) in [5.41, 5.74) is 2.76. The van der Waals surface area contributed by atoms with Crippen LogP contribution in [-0.4, -0.2) is 12.0 Å². The molecule has 0 spiro atoms. The van der Waals surface area contributed by atoms with Crippen LogP contribution in [0.1, 0.15) is 0 Å². The van der Waals surface area contributed by atoms with Crippen molar-refractivity contribution in [3.05, 3.63) is 52.7 Å². The molecule has 0 saturated carbocycles. The Kier molecular flexibility index (Phi) is 2.11. The number of rotatable bonds is 1. The summed E-state index contributed by atoms with van der Waals surface area (Å²) in [6.07, 6.45) is 0. The highest BCUT2D eigenvalue weighted by Crippen LogP contribution is 2.17. The Hall–Kier alpha value is -2.29. The predicted molar refractivity (Wildman–Crippen MR) is 71.6 cm³/mol. The first-order valence-corrected chi connectivity index (χ1v) is 5.52. The van der Waals surface area contributed by atoms with Gasteiger partial charge in [-0.1, -0.05) is 12.1 Å². The van der Waals surface area contributed by atoms with E-state index in [1.807, 2.05) is 49.5 Å². The van der Waals surface area contributed by atoms with Crippen LogP contribution < -0.4 is 10.7 Å². The van der Waals surface area contributed by atoms with Crippen LogP contribution in [0, 0.1) is 0 Å². The second-order valence-corrected chi connectivity index (χ2v) is 4.01. The minimum Gasteiger partial charge on any atom is -0.388 e. The maximum Gasteiger partial charge on any atom is 0.197 e. The van der Waals surface area contributed by atoms with Gasteiger partial charge in [0.2, 0.25) is 0 Å². The summed E-state index contributed by atoms with van der Waals surface area (Å²) in [5.74, 6) is 0. The number of aromatic nitrogens is 1. The summed E-state index contributed by atoms with van der Waals surface area (Å²) >= 11 is 0. The zero-order valence-corrected chi connectivity index (χ0v) is 9.45. The average molecular weight is 224 g/mol. The topological polar surface area (TPSA) is 44.9 Å². The van der Waals surface area contributed by atoms with Crippen molar-refractivity contribution in [3.8, 4) is 0 Å². The van der Waals surface area contributed by atoms with Crippen LogP contribution in [0.5, 0.6) is 0 Å². The van der Waals surface area contributed by atoms with E-state index in [1.54, 1.807) is 0 Å². The van der Waals surface area contributed by atoms with Crippen molar-refractivity contribution in [3.63, 3.8) is 0 Å². The van der Waals surface area contributed by atoms with E-state index in [0.717, 1.165) is 27.5 Å². The number of aromatic amines is 1. The molecule has 0 aliphatic rings. The maximum absolute atomic E-state index is 12.3. The van der Waals surface area contributed by atoms with E-state index < -0.39 is 0 Å². The Morgan fingerprint density at radius 1 is 1.00 bits per heavy atom. The Morgan fingerprint density at radius 3 is 2.59 bits per heavy atom. The normalized spacial score (nSPS) is 10.9. The van der Waals surface area contributed by atoms with Crippen molar-refractivity contribution in [1.82, 2.24) is 4.98 Å². The van der Waals surface area contributed by atoms with Crippen molar-refractivity contribution in [2.75, 3.05) is 12.4 Å². The van der Waals surface area contributed by atoms with E-state index in [1.165, 1.54) is 0 Å². The number of fused-ring (bicyclic) bond motifs is 2. The molecule has 0 amide bonds. The van der Waals surface area contributed by atoms with Gasteiger partial charge in [0, 0.05) is 34.5 Å². The van der Waals surface area contributed by atoms with E-state index in [0.29, 0.717) is 0 Å². The molecule has 0 aliphatic carbocycles. The monoisotopic (exact) mass is 224 g/mol. The van der Waals surface area contributed by atoms with Crippen molar-refractivity contribution >= 4 is 27.5 Å². The molecule has 0 aliphatic heterocycles. The van der Waals surface area contributed by atoms with Gasteiger partial charge >= 0.3 is 0 Å². The van der Waals surface area contributed by atoms with Crippen LogP contribution in [0.3, 0.4) is 0 Å². The fraction of sp³-hybridized carbons (Fsp3) is 0.0714. The summed E-state index contributed by atoms with van der Waals surface area (Å²) in [6, 6.07) is 13.3. The molecule has 2 N–H and O–H groups in total. The molecule has 0 fully saturated rings. The Bertz CT molecular complexity index is 759. The lowest BCUT2D eigenvalue weighted by Crippen LogP contribution is -2.04. The van der Waals surface area contributed by atoms with Crippen LogP contribution >= 0.6 is 0 Å². The summed E-state index contributed by atoms with van der Waals surface area (Å²) < 4.78 is 0. The molecule has 0 radical (unpaired) electrons. The first-order chi connectivity index (χ1) is 8.29. The van der Waals surface area contributed by atoms with Crippen LogP contribution in [0.25, 0.3) is 21.8 Å². The highest BCUT2D eigenvalue weighted by Gasteiger charge is 2.04. The molecule has 3 heteroatoms. The first kappa shape index (κ1) is 9.90. The number of hydrogen-bond acceptors (Lipinski definition) is 2. The molecule has 3 nitrogen and oxygen atoms in total. The molecule has 1 aromatic heterocycles. The zero-order valence-electron chi connectivity index (χ0n) is 9.45. The number of anilines is 1. The number of benzene rings is 2. The van der Waals surface area contributed by atoms with Gasteiger partial charge in [0.15, 0.2) is 5.43 Å². The van der Waals surface area contributed by atoms with Crippen molar-refractivity contribution in [2.24, 2.45) is 0 Å². The van der Waals surface area contributed by atoms with Crippen molar-refractivity contribution in [1.29, 1.82) is 0 Å². The molecule has 0 saturated heterocycles. The number of nitrogens with one attached hydrogen (secondary N) is 2. The number of para-hydroxylation sites is 1. The van der Waals surface area contributed by atoms with E-state index in [4.69, 9.17) is 0 Å². The minimum absolute atomic E-state index is 0.0754. The minimum atomic E-state index is 0.0754. The fourth-order valence-corrected chi connectivity index (χ4v) is 2.08. The van der Waals surface area contributed by atoms with E-state index in [9.17, 15) is 4.79 Å². The van der Waals surface area contributed by atoms with Gasteiger partial charge in [-0.2, -0.15) is 0 Å². The highest BCUT2D eigenvalue weighted by molar-refractivity contribution is 5.93. The van der Waals surface area contributed by atoms with Gasteiger partial charge in [-0.15, -0.1) is 0 Å². The summed E-state index contributed by atoms with van der Waals surface area (Å²) in [7, 11) is 1.84. The number of H-pyrrole nitrogens is 1. The Balaban J connectivity index is 2.51. The summed E-state index contributed by atoms with van der Waals surface area (Å²) in [6.45, 7) is 0. The van der Waals surface area contributed by atoms with Crippen LogP contribution in [0.4, 0.5) is 5.69 Å². The zero-order chi connectivity index (χ0) is 11.8. The van der Waals surface area contributed by atoms with Crippen LogP contribution in [0.2, 0.25) is 0 Å². The van der Waals surface area contributed by atoms with E-state index in [-0.39, 0.29) is 5.43 Å². The molecule has 17 heavy (non-hydrogen) atoms. The van der Waals surface area contributed by atoms with E-state index in [2.05, 4.69) is 10.3 Å². The molecule has 0 unspecified atom stereocenters. The first-order valence-electron chi connectivity index (χ1n) is 5.52. The van der Waals surface area contributed by atoms with Gasteiger partial charge in [-0.05, 0) is 30.3 Å². The Labute approximate surface area is 98.1 Å². The molecular weight excluding hydrogens is 212 g/mol. The molecule has 2 aromatic carbocycles. The summed E-state index contributed by atoms with van der Waals surface area (Å²) in [4.78, 5) is 15.6. The molecule has 0 atom stereocenters. The van der Waals surface area contributed by atoms with Gasteiger partial charge in [-0.3, -0.25) is 4.79 Å². The second kappa shape index (κ2) is 3.63. The summed E-state index contributed by atoms with van der Waals surface area (Å²) in [5, 5.41) is 4.49. The molecule has 3 rings (SSSR count). The average Bonchev–Trinajstić information content (AvgIpc) is 2.39. The van der Waals surface area contributed by atoms with Crippen molar-refractivity contribution < 1.29 is 0 Å². The third kappa shape index (κ3) is 1.47. The lowest BCUT2D eigenvalue weighted by molar-refractivity contribution is 1.46. The van der Waals surface area contributed by atoms with Crippen molar-refractivity contribution in [2.45, 2.75) is 0 Å². The van der Waals surface area contributed by atoms with Gasteiger partial charge in [-0.25, -0.2) is 0 Å². The van der Waals surface area contributed by atoms with Gasteiger partial charge in [0.05, 0.1) is 0 Å². The van der Waals surface area contributed by atoms with Crippen LogP contribution in [0.15, 0.2) is 47.3 Å². The van der Waals surface area contributed by atoms with Gasteiger partial charge in [0.25, 0.3) is 0 Å². The largest absolute Gasteiger partial charge is 0.388 e. The quantitative estimate of drug-likeness (QED) is 0.624. The standard InChI is InChI=1S/C14H12N2O/c1-15-9-6-7-13-11(8-9)14(17)10-4-2-3-5-12(10)16-13/h2-8,15H,1H3,(H,16,17). The number of hydrogen-bond donors (Lipinski definition) is 2. The lowest BCUT2D eigenvalue weighted by atomic mass is 10.1. The van der Waals surface area contributed by atoms with Gasteiger partial charge < -0.3 is 10.3 Å². The highest BCUT2D eigenvalue weighted by atomic mass is 16.1. The molecule has 0 bridgehead atoms. The van der Waals surface area contributed by atoms with Crippen LogP contribution in [-0.2, 0) is 0 Å². The third-order valence-electron chi connectivity index (χ3n) is 2.99. The smallest absolute Gasteiger partial charge is 0.197 e.